The van der Waals surface area contributed by atoms with Crippen LogP contribution in [0.4, 0.5) is 13.2 Å². The van der Waals surface area contributed by atoms with Crippen molar-refractivity contribution in [2.45, 2.75) is 26.7 Å². The van der Waals surface area contributed by atoms with Crippen molar-refractivity contribution in [3.8, 4) is 5.75 Å². The highest BCUT2D eigenvalue weighted by molar-refractivity contribution is 6.05. The molecule has 5 nitrogen and oxygen atoms in total. The molecular weight excluding hydrogens is 385 g/mol. The normalized spacial score (nSPS) is 11.1. The van der Waals surface area contributed by atoms with Crippen molar-refractivity contribution in [3.05, 3.63) is 64.6 Å². The Morgan fingerprint density at radius 3 is 2.48 bits per heavy atom. The first kappa shape index (κ1) is 20.4. The van der Waals surface area contributed by atoms with Gasteiger partial charge in [-0.15, -0.1) is 0 Å². The van der Waals surface area contributed by atoms with E-state index in [0.717, 1.165) is 35.3 Å². The van der Waals surface area contributed by atoms with Gasteiger partial charge in [0.25, 0.3) is 5.91 Å². The van der Waals surface area contributed by atoms with Crippen molar-refractivity contribution in [1.82, 2.24) is 9.88 Å². The van der Waals surface area contributed by atoms with E-state index >= 15 is 0 Å². The van der Waals surface area contributed by atoms with E-state index < -0.39 is 29.1 Å². The first-order valence-corrected chi connectivity index (χ1v) is 9.04. The largest absolute Gasteiger partial charge is 0.505 e. The summed E-state index contributed by atoms with van der Waals surface area (Å²) in [4.78, 5) is 25.2. The molecule has 0 fully saturated rings. The van der Waals surface area contributed by atoms with Gasteiger partial charge in [-0.25, -0.2) is 13.2 Å². The topological polar surface area (TPSA) is 71.3 Å². The number of nitrogens with zero attached hydrogens (tertiary/aromatic N) is 1. The molecule has 1 heterocycles. The van der Waals surface area contributed by atoms with E-state index in [-0.39, 0.29) is 40.1 Å². The summed E-state index contributed by atoms with van der Waals surface area (Å²) in [5, 5.41) is 12.4. The molecule has 0 spiro atoms. The highest BCUT2D eigenvalue weighted by Gasteiger charge is 2.25. The van der Waals surface area contributed by atoms with Crippen LogP contribution in [0.25, 0.3) is 10.9 Å². The zero-order valence-electron chi connectivity index (χ0n) is 15.9. The fourth-order valence-corrected chi connectivity index (χ4v) is 3.25. The zero-order valence-corrected chi connectivity index (χ0v) is 15.9. The number of carbonyl (C=O) groups excluding carboxylic acids is 2. The van der Waals surface area contributed by atoms with Crippen molar-refractivity contribution in [1.29, 1.82) is 0 Å². The van der Waals surface area contributed by atoms with Crippen LogP contribution in [0.5, 0.6) is 5.75 Å². The highest BCUT2D eigenvalue weighted by Crippen LogP contribution is 2.33. The SMILES string of the molecule is CCCNC(=O)Cc1c(C)n(C(=O)c2ccc(F)c(F)c2)c2ccc(O)c(F)c12. The molecule has 0 saturated heterocycles. The Morgan fingerprint density at radius 1 is 1.10 bits per heavy atom. The van der Waals surface area contributed by atoms with Crippen molar-refractivity contribution in [2.24, 2.45) is 0 Å². The van der Waals surface area contributed by atoms with E-state index in [9.17, 15) is 27.9 Å². The number of amides is 1. The number of fused-ring (bicyclic) bond motifs is 1. The number of phenols is 1. The lowest BCUT2D eigenvalue weighted by molar-refractivity contribution is -0.120. The Labute approximate surface area is 164 Å². The number of benzene rings is 2. The first-order chi connectivity index (χ1) is 13.8. The summed E-state index contributed by atoms with van der Waals surface area (Å²) in [6, 6.07) is 5.14. The second kappa shape index (κ2) is 7.98. The van der Waals surface area contributed by atoms with Crippen LogP contribution >= 0.6 is 0 Å². The summed E-state index contributed by atoms with van der Waals surface area (Å²) < 4.78 is 42.7. The van der Waals surface area contributed by atoms with E-state index in [2.05, 4.69) is 5.32 Å². The Kier molecular flexibility index (Phi) is 5.63. The minimum atomic E-state index is -1.19. The monoisotopic (exact) mass is 404 g/mol. The van der Waals surface area contributed by atoms with Gasteiger partial charge in [0, 0.05) is 23.2 Å². The molecule has 152 valence electrons. The van der Waals surface area contributed by atoms with E-state index in [0.29, 0.717) is 6.54 Å². The number of carbonyl (C=O) groups is 2. The van der Waals surface area contributed by atoms with Gasteiger partial charge < -0.3 is 10.4 Å². The highest BCUT2D eigenvalue weighted by atomic mass is 19.2. The van der Waals surface area contributed by atoms with E-state index in [1.54, 1.807) is 0 Å². The van der Waals surface area contributed by atoms with Crippen molar-refractivity contribution in [3.63, 3.8) is 0 Å². The smallest absolute Gasteiger partial charge is 0.262 e. The first-order valence-electron chi connectivity index (χ1n) is 9.04. The lowest BCUT2D eigenvalue weighted by Gasteiger charge is -2.08. The summed E-state index contributed by atoms with van der Waals surface area (Å²) in [7, 11) is 0. The number of rotatable bonds is 5. The molecule has 3 aromatic rings. The molecule has 29 heavy (non-hydrogen) atoms. The molecule has 0 unspecified atom stereocenters. The Morgan fingerprint density at radius 2 is 1.83 bits per heavy atom. The van der Waals surface area contributed by atoms with Crippen LogP contribution in [0.2, 0.25) is 0 Å². The average molecular weight is 404 g/mol. The van der Waals surface area contributed by atoms with E-state index in [4.69, 9.17) is 0 Å². The van der Waals surface area contributed by atoms with Crippen LogP contribution in [0, 0.1) is 24.4 Å². The third kappa shape index (κ3) is 3.70. The molecule has 3 rings (SSSR count). The van der Waals surface area contributed by atoms with Gasteiger partial charge in [0.2, 0.25) is 5.91 Å². The molecule has 2 aromatic carbocycles. The summed E-state index contributed by atoms with van der Waals surface area (Å²) in [5.41, 5.74) is 0.481. The lowest BCUT2D eigenvalue weighted by Crippen LogP contribution is -2.26. The molecule has 0 radical (unpaired) electrons. The number of hydrogen-bond donors (Lipinski definition) is 2. The maximum Gasteiger partial charge on any atom is 0.262 e. The maximum atomic E-state index is 14.7. The van der Waals surface area contributed by atoms with Gasteiger partial charge in [0.1, 0.15) is 0 Å². The lowest BCUT2D eigenvalue weighted by atomic mass is 10.1. The fraction of sp³-hybridized carbons (Fsp3) is 0.238. The predicted octanol–water partition coefficient (Wildman–Crippen LogP) is 3.83. The Bertz CT molecular complexity index is 1120. The van der Waals surface area contributed by atoms with Gasteiger partial charge in [-0.3, -0.25) is 14.2 Å². The molecule has 2 N–H and O–H groups in total. The van der Waals surface area contributed by atoms with Crippen LogP contribution in [-0.2, 0) is 11.2 Å². The summed E-state index contributed by atoms with van der Waals surface area (Å²) in [6.45, 7) is 3.85. The molecule has 0 atom stereocenters. The second-order valence-corrected chi connectivity index (χ2v) is 6.65. The predicted molar refractivity (Wildman–Crippen MR) is 101 cm³/mol. The van der Waals surface area contributed by atoms with Gasteiger partial charge in [0.15, 0.2) is 23.2 Å². The zero-order chi connectivity index (χ0) is 21.3. The fourth-order valence-electron chi connectivity index (χ4n) is 3.25. The van der Waals surface area contributed by atoms with Gasteiger partial charge in [0.05, 0.1) is 11.9 Å². The second-order valence-electron chi connectivity index (χ2n) is 6.65. The summed E-state index contributed by atoms with van der Waals surface area (Å²) in [5.74, 6) is -4.94. The molecule has 1 aromatic heterocycles. The molecule has 0 aliphatic rings. The van der Waals surface area contributed by atoms with Gasteiger partial charge >= 0.3 is 0 Å². The van der Waals surface area contributed by atoms with Crippen molar-refractivity contribution >= 4 is 22.7 Å². The average Bonchev–Trinajstić information content (AvgIpc) is 2.96. The maximum absolute atomic E-state index is 14.7. The number of aromatic hydroxyl groups is 1. The molecule has 0 aliphatic heterocycles. The number of phenolic OH excluding ortho intramolecular Hbond substituents is 1. The summed E-state index contributed by atoms with van der Waals surface area (Å²) >= 11 is 0. The van der Waals surface area contributed by atoms with E-state index in [1.807, 2.05) is 6.92 Å². The van der Waals surface area contributed by atoms with Crippen molar-refractivity contribution < 1.29 is 27.9 Å². The minimum Gasteiger partial charge on any atom is -0.505 e. The molecule has 0 bridgehead atoms. The Hall–Kier alpha value is -3.29. The van der Waals surface area contributed by atoms with Gasteiger partial charge in [-0.05, 0) is 49.2 Å². The molecule has 8 heteroatoms. The summed E-state index contributed by atoms with van der Waals surface area (Å²) in [6.07, 6.45) is 0.511. The van der Waals surface area contributed by atoms with E-state index in [1.165, 1.54) is 13.0 Å². The molecule has 1 amide bonds. The number of halogens is 3. The molecule has 0 saturated carbocycles. The number of hydrogen-bond acceptors (Lipinski definition) is 3. The van der Waals surface area contributed by atoms with Crippen LogP contribution < -0.4 is 5.32 Å². The van der Waals surface area contributed by atoms with Crippen LogP contribution in [0.3, 0.4) is 0 Å². The van der Waals surface area contributed by atoms with Crippen LogP contribution in [0.15, 0.2) is 30.3 Å². The third-order valence-electron chi connectivity index (χ3n) is 4.69. The molecule has 0 aliphatic carbocycles. The van der Waals surface area contributed by atoms with Gasteiger partial charge in [-0.1, -0.05) is 6.92 Å². The van der Waals surface area contributed by atoms with Crippen molar-refractivity contribution in [2.75, 3.05) is 6.54 Å². The third-order valence-corrected chi connectivity index (χ3v) is 4.69. The van der Waals surface area contributed by atoms with Gasteiger partial charge in [-0.2, -0.15) is 0 Å². The van der Waals surface area contributed by atoms with Crippen LogP contribution in [-0.4, -0.2) is 28.0 Å². The number of nitrogens with one attached hydrogen (secondary N) is 1. The Balaban J connectivity index is 2.18. The molecular formula is C21H19F3N2O3. The number of aromatic nitrogens is 1. The standard InChI is InChI=1S/C21H19F3N2O3/c1-3-8-25-18(28)10-13-11(2)26(16-6-7-17(27)20(24)19(13)16)21(29)12-4-5-14(22)15(23)9-12/h4-7,9,27H,3,8,10H2,1-2H3,(H,25,28). The minimum absolute atomic E-state index is 0.0647. The quantitative estimate of drug-likeness (QED) is 0.679. The van der Waals surface area contributed by atoms with Crippen LogP contribution in [0.1, 0.15) is 35.0 Å².